The Morgan fingerprint density at radius 2 is 2.12 bits per heavy atom. The van der Waals surface area contributed by atoms with E-state index in [0.717, 1.165) is 48.4 Å². The van der Waals surface area contributed by atoms with Crippen LogP contribution in [0.3, 0.4) is 0 Å². The Labute approximate surface area is 152 Å². The second-order valence-corrected chi connectivity index (χ2v) is 6.43. The topological polar surface area (TPSA) is 68.3 Å². The number of hydrogen-bond acceptors (Lipinski definition) is 6. The molecule has 7 heteroatoms. The standard InChI is InChI=1S/C19H23N5O2/c1-23-9-8-21-19(23)16-11-20-7-10-24(16)13-18-22-12-17(26-18)14-3-5-15(25-2)6-4-14/h3-6,8-9,12,16,20H,7,10-11,13H2,1-2H3. The second kappa shape index (κ2) is 7.31. The lowest BCUT2D eigenvalue weighted by atomic mass is 10.1. The van der Waals surface area contributed by atoms with Crippen LogP contribution in [-0.2, 0) is 13.6 Å². The summed E-state index contributed by atoms with van der Waals surface area (Å²) in [5.74, 6) is 3.37. The SMILES string of the molecule is COc1ccc(-c2cnc(CN3CCNCC3c3nccn3C)o2)cc1. The minimum atomic E-state index is 0.208. The molecule has 2 aromatic heterocycles. The number of nitrogens with one attached hydrogen (secondary N) is 1. The van der Waals surface area contributed by atoms with Crippen molar-refractivity contribution in [1.82, 2.24) is 24.8 Å². The maximum absolute atomic E-state index is 6.00. The molecule has 3 heterocycles. The fourth-order valence-corrected chi connectivity index (χ4v) is 3.33. The van der Waals surface area contributed by atoms with E-state index in [4.69, 9.17) is 9.15 Å². The van der Waals surface area contributed by atoms with Gasteiger partial charge in [-0.2, -0.15) is 0 Å². The van der Waals surface area contributed by atoms with Gasteiger partial charge in [-0.15, -0.1) is 0 Å². The lowest BCUT2D eigenvalue weighted by molar-refractivity contribution is 0.132. The smallest absolute Gasteiger partial charge is 0.209 e. The number of hydrogen-bond donors (Lipinski definition) is 1. The Hall–Kier alpha value is -2.64. The second-order valence-electron chi connectivity index (χ2n) is 6.43. The highest BCUT2D eigenvalue weighted by molar-refractivity contribution is 5.57. The molecule has 0 radical (unpaired) electrons. The molecule has 1 aromatic carbocycles. The van der Waals surface area contributed by atoms with E-state index in [2.05, 4.69) is 24.8 Å². The molecule has 1 saturated heterocycles. The lowest BCUT2D eigenvalue weighted by Crippen LogP contribution is -2.46. The van der Waals surface area contributed by atoms with Crippen molar-refractivity contribution >= 4 is 0 Å². The number of rotatable bonds is 5. The molecule has 0 aliphatic carbocycles. The van der Waals surface area contributed by atoms with E-state index < -0.39 is 0 Å². The number of nitrogens with zero attached hydrogens (tertiary/aromatic N) is 4. The molecule has 0 amide bonds. The summed E-state index contributed by atoms with van der Waals surface area (Å²) in [5.41, 5.74) is 0.991. The van der Waals surface area contributed by atoms with Gasteiger partial charge in [0.2, 0.25) is 5.89 Å². The molecule has 4 rings (SSSR count). The van der Waals surface area contributed by atoms with Gasteiger partial charge in [-0.25, -0.2) is 9.97 Å². The molecule has 7 nitrogen and oxygen atoms in total. The van der Waals surface area contributed by atoms with Crippen molar-refractivity contribution in [2.75, 3.05) is 26.7 Å². The maximum atomic E-state index is 6.00. The zero-order valence-corrected chi connectivity index (χ0v) is 15.1. The fourth-order valence-electron chi connectivity index (χ4n) is 3.33. The van der Waals surface area contributed by atoms with Gasteiger partial charge in [0.25, 0.3) is 0 Å². The summed E-state index contributed by atoms with van der Waals surface area (Å²) in [6.07, 6.45) is 5.61. The molecule has 1 N–H and O–H groups in total. The number of aromatic nitrogens is 3. The number of ether oxygens (including phenoxy) is 1. The van der Waals surface area contributed by atoms with Crippen LogP contribution in [0.15, 0.2) is 47.3 Å². The van der Waals surface area contributed by atoms with Gasteiger partial charge in [0.15, 0.2) is 5.76 Å². The Bertz CT molecular complexity index is 855. The van der Waals surface area contributed by atoms with Gasteiger partial charge in [0, 0.05) is 44.6 Å². The Morgan fingerprint density at radius 1 is 1.27 bits per heavy atom. The van der Waals surface area contributed by atoms with Crippen molar-refractivity contribution in [3.8, 4) is 17.1 Å². The van der Waals surface area contributed by atoms with Crippen LogP contribution in [-0.4, -0.2) is 46.2 Å². The summed E-state index contributed by atoms with van der Waals surface area (Å²) in [4.78, 5) is 11.4. The zero-order chi connectivity index (χ0) is 17.9. The first-order chi connectivity index (χ1) is 12.7. The Morgan fingerprint density at radius 3 is 2.85 bits per heavy atom. The Balaban J connectivity index is 1.51. The molecule has 26 heavy (non-hydrogen) atoms. The lowest BCUT2D eigenvalue weighted by Gasteiger charge is -2.34. The molecule has 136 valence electrons. The van der Waals surface area contributed by atoms with Crippen LogP contribution in [0.25, 0.3) is 11.3 Å². The number of imidazole rings is 1. The van der Waals surface area contributed by atoms with Gasteiger partial charge in [-0.3, -0.25) is 4.90 Å². The summed E-state index contributed by atoms with van der Waals surface area (Å²) in [7, 11) is 3.69. The van der Waals surface area contributed by atoms with Crippen LogP contribution in [0.4, 0.5) is 0 Å². The molecule has 0 bridgehead atoms. The van der Waals surface area contributed by atoms with Crippen LogP contribution in [0.5, 0.6) is 5.75 Å². The van der Waals surface area contributed by atoms with Gasteiger partial charge in [0.1, 0.15) is 11.6 Å². The summed E-state index contributed by atoms with van der Waals surface area (Å²) in [6, 6.07) is 8.01. The quantitative estimate of drug-likeness (QED) is 0.759. The molecular weight excluding hydrogens is 330 g/mol. The number of aryl methyl sites for hydroxylation is 1. The highest BCUT2D eigenvalue weighted by Crippen LogP contribution is 2.26. The molecule has 1 unspecified atom stereocenters. The highest BCUT2D eigenvalue weighted by atomic mass is 16.5. The summed E-state index contributed by atoms with van der Waals surface area (Å²) in [6.45, 7) is 3.41. The van der Waals surface area contributed by atoms with E-state index >= 15 is 0 Å². The minimum Gasteiger partial charge on any atom is -0.497 e. The first kappa shape index (κ1) is 16.8. The number of benzene rings is 1. The average Bonchev–Trinajstić information content (AvgIpc) is 3.31. The zero-order valence-electron chi connectivity index (χ0n) is 15.1. The van der Waals surface area contributed by atoms with Crippen LogP contribution in [0, 0.1) is 0 Å². The van der Waals surface area contributed by atoms with Crippen molar-refractivity contribution in [3.63, 3.8) is 0 Å². The van der Waals surface area contributed by atoms with Crippen LogP contribution >= 0.6 is 0 Å². The maximum Gasteiger partial charge on any atom is 0.209 e. The van der Waals surface area contributed by atoms with E-state index in [-0.39, 0.29) is 6.04 Å². The van der Waals surface area contributed by atoms with Crippen molar-refractivity contribution in [3.05, 3.63) is 54.6 Å². The predicted molar refractivity (Wildman–Crippen MR) is 97.7 cm³/mol. The monoisotopic (exact) mass is 353 g/mol. The van der Waals surface area contributed by atoms with Crippen molar-refractivity contribution < 1.29 is 9.15 Å². The molecule has 0 saturated carbocycles. The van der Waals surface area contributed by atoms with E-state index in [1.165, 1.54) is 0 Å². The number of oxazole rings is 1. The number of methoxy groups -OCH3 is 1. The van der Waals surface area contributed by atoms with Gasteiger partial charge in [0.05, 0.1) is 25.9 Å². The molecule has 0 spiro atoms. The first-order valence-electron chi connectivity index (χ1n) is 8.75. The van der Waals surface area contributed by atoms with Crippen LogP contribution < -0.4 is 10.1 Å². The van der Waals surface area contributed by atoms with Gasteiger partial charge >= 0.3 is 0 Å². The summed E-state index contributed by atoms with van der Waals surface area (Å²) < 4.78 is 13.3. The molecule has 1 aliphatic heterocycles. The van der Waals surface area contributed by atoms with E-state index in [1.807, 2.05) is 43.7 Å². The minimum absolute atomic E-state index is 0.208. The Kier molecular flexibility index (Phi) is 4.73. The van der Waals surface area contributed by atoms with E-state index in [0.29, 0.717) is 6.54 Å². The third kappa shape index (κ3) is 3.36. The number of piperazine rings is 1. The largest absolute Gasteiger partial charge is 0.497 e. The molecule has 1 aliphatic rings. The van der Waals surface area contributed by atoms with Crippen molar-refractivity contribution in [2.24, 2.45) is 7.05 Å². The molecular formula is C19H23N5O2. The third-order valence-electron chi connectivity index (χ3n) is 4.78. The van der Waals surface area contributed by atoms with Crippen molar-refractivity contribution in [1.29, 1.82) is 0 Å². The molecule has 3 aromatic rings. The summed E-state index contributed by atoms with van der Waals surface area (Å²) >= 11 is 0. The van der Waals surface area contributed by atoms with E-state index in [9.17, 15) is 0 Å². The van der Waals surface area contributed by atoms with Gasteiger partial charge in [-0.1, -0.05) is 0 Å². The van der Waals surface area contributed by atoms with E-state index in [1.54, 1.807) is 13.3 Å². The van der Waals surface area contributed by atoms with Gasteiger partial charge in [-0.05, 0) is 24.3 Å². The highest BCUT2D eigenvalue weighted by Gasteiger charge is 2.27. The van der Waals surface area contributed by atoms with Crippen LogP contribution in [0.1, 0.15) is 17.8 Å². The predicted octanol–water partition coefficient (Wildman–Crippen LogP) is 2.23. The first-order valence-corrected chi connectivity index (χ1v) is 8.75. The molecule has 1 fully saturated rings. The van der Waals surface area contributed by atoms with Gasteiger partial charge < -0.3 is 19.0 Å². The fraction of sp³-hybridized carbons (Fsp3) is 0.368. The average molecular weight is 353 g/mol. The normalized spacial score (nSPS) is 18.2. The van der Waals surface area contributed by atoms with Crippen LogP contribution in [0.2, 0.25) is 0 Å². The summed E-state index contributed by atoms with van der Waals surface area (Å²) in [5, 5.41) is 3.45. The molecule has 1 atom stereocenters. The van der Waals surface area contributed by atoms with Crippen molar-refractivity contribution in [2.45, 2.75) is 12.6 Å². The third-order valence-corrected chi connectivity index (χ3v) is 4.78.